The van der Waals surface area contributed by atoms with Gasteiger partial charge in [0, 0.05) is 7.05 Å². The molecule has 0 aliphatic carbocycles. The molecule has 8 heavy (non-hydrogen) atoms. The molecule has 1 unspecified atom stereocenters. The van der Waals surface area contributed by atoms with Crippen LogP contribution in [0, 0.1) is 0 Å². The Morgan fingerprint density at radius 2 is 2.62 bits per heavy atom. The fraction of sp³-hybridized carbons (Fsp3) is 0.750. The average molecular weight is 132 g/mol. The van der Waals surface area contributed by atoms with Crippen LogP contribution in [0.5, 0.6) is 0 Å². The van der Waals surface area contributed by atoms with Gasteiger partial charge in [-0.25, -0.2) is 4.79 Å². The van der Waals surface area contributed by atoms with Crippen molar-refractivity contribution >= 4 is 18.7 Å². The molecule has 1 aliphatic heterocycles. The standard InChI is InChI=1S/C4H8N2OS/c1-6-2-3(8)5-4(6)7/h3,8H,2H2,1H3,(H,5,7). The van der Waals surface area contributed by atoms with Crippen molar-refractivity contribution in [2.45, 2.75) is 5.37 Å². The molecule has 1 saturated heterocycles. The third kappa shape index (κ3) is 0.888. The van der Waals surface area contributed by atoms with Crippen LogP contribution < -0.4 is 5.32 Å². The molecule has 46 valence electrons. The van der Waals surface area contributed by atoms with Crippen LogP contribution >= 0.6 is 12.6 Å². The van der Waals surface area contributed by atoms with Gasteiger partial charge in [0.25, 0.3) is 0 Å². The first-order chi connectivity index (χ1) is 3.70. The Morgan fingerprint density at radius 3 is 2.75 bits per heavy atom. The van der Waals surface area contributed by atoms with E-state index in [9.17, 15) is 4.79 Å². The summed E-state index contributed by atoms with van der Waals surface area (Å²) in [6.45, 7) is 0.696. The largest absolute Gasteiger partial charge is 0.325 e. The third-order valence-corrected chi connectivity index (χ3v) is 1.38. The summed E-state index contributed by atoms with van der Waals surface area (Å²) in [5.41, 5.74) is 0. The third-order valence-electron chi connectivity index (χ3n) is 1.08. The van der Waals surface area contributed by atoms with Gasteiger partial charge in [-0.1, -0.05) is 0 Å². The van der Waals surface area contributed by atoms with E-state index in [1.807, 2.05) is 0 Å². The Morgan fingerprint density at radius 1 is 2.00 bits per heavy atom. The van der Waals surface area contributed by atoms with Crippen molar-refractivity contribution in [1.29, 1.82) is 0 Å². The molecule has 0 bridgehead atoms. The van der Waals surface area contributed by atoms with E-state index in [0.29, 0.717) is 6.54 Å². The smallest absolute Gasteiger partial charge is 0.318 e. The molecule has 4 heteroatoms. The number of likely N-dealkylation sites (N-methyl/N-ethyl adjacent to an activating group) is 1. The first kappa shape index (κ1) is 5.75. The first-order valence-electron chi connectivity index (χ1n) is 2.40. The van der Waals surface area contributed by atoms with E-state index in [1.165, 1.54) is 0 Å². The van der Waals surface area contributed by atoms with Gasteiger partial charge in [-0.15, -0.1) is 0 Å². The van der Waals surface area contributed by atoms with E-state index >= 15 is 0 Å². The first-order valence-corrected chi connectivity index (χ1v) is 2.91. The topological polar surface area (TPSA) is 32.3 Å². The zero-order valence-electron chi connectivity index (χ0n) is 4.59. The van der Waals surface area contributed by atoms with Crippen molar-refractivity contribution < 1.29 is 4.79 Å². The lowest BCUT2D eigenvalue weighted by Gasteiger charge is -2.01. The van der Waals surface area contributed by atoms with Crippen molar-refractivity contribution in [3.63, 3.8) is 0 Å². The quantitative estimate of drug-likeness (QED) is 0.443. The van der Waals surface area contributed by atoms with Crippen LogP contribution in [0.25, 0.3) is 0 Å². The summed E-state index contributed by atoms with van der Waals surface area (Å²) in [5.74, 6) is 0. The number of urea groups is 1. The van der Waals surface area contributed by atoms with E-state index in [2.05, 4.69) is 17.9 Å². The lowest BCUT2D eigenvalue weighted by atomic mass is 10.6. The maximum atomic E-state index is 10.6. The number of nitrogens with zero attached hydrogens (tertiary/aromatic N) is 1. The minimum absolute atomic E-state index is 0.0208. The lowest BCUT2D eigenvalue weighted by Crippen LogP contribution is -2.24. The number of carbonyl (C=O) groups excluding carboxylic acids is 1. The van der Waals surface area contributed by atoms with Gasteiger partial charge >= 0.3 is 6.03 Å². The molecule has 0 spiro atoms. The van der Waals surface area contributed by atoms with E-state index < -0.39 is 0 Å². The van der Waals surface area contributed by atoms with Gasteiger partial charge in [0.05, 0.1) is 11.9 Å². The summed E-state index contributed by atoms with van der Waals surface area (Å²) in [5, 5.41) is 2.64. The summed E-state index contributed by atoms with van der Waals surface area (Å²) in [6, 6.07) is -0.0370. The molecule has 1 N–H and O–H groups in total. The summed E-state index contributed by atoms with van der Waals surface area (Å²) < 4.78 is 0. The van der Waals surface area contributed by atoms with Crippen LogP contribution in [0.15, 0.2) is 0 Å². The Hall–Kier alpha value is -0.380. The van der Waals surface area contributed by atoms with Crippen LogP contribution in [0.4, 0.5) is 4.79 Å². The normalized spacial score (nSPS) is 28.5. The Kier molecular flexibility index (Phi) is 1.33. The highest BCUT2D eigenvalue weighted by Crippen LogP contribution is 2.02. The molecule has 1 rings (SSSR count). The van der Waals surface area contributed by atoms with Crippen LogP contribution in [0.2, 0.25) is 0 Å². The monoisotopic (exact) mass is 132 g/mol. The van der Waals surface area contributed by atoms with Gasteiger partial charge in [0.15, 0.2) is 0 Å². The van der Waals surface area contributed by atoms with E-state index in [1.54, 1.807) is 11.9 Å². The van der Waals surface area contributed by atoms with Crippen LogP contribution in [0.1, 0.15) is 0 Å². The second-order valence-corrected chi connectivity index (χ2v) is 2.47. The van der Waals surface area contributed by atoms with Gasteiger partial charge in [-0.3, -0.25) is 0 Å². The van der Waals surface area contributed by atoms with Crippen LogP contribution in [0.3, 0.4) is 0 Å². The van der Waals surface area contributed by atoms with Gasteiger partial charge < -0.3 is 10.2 Å². The molecule has 0 aromatic carbocycles. The molecule has 0 aromatic heterocycles. The van der Waals surface area contributed by atoms with Gasteiger partial charge in [0.1, 0.15) is 0 Å². The Balaban J connectivity index is 2.51. The number of nitrogens with one attached hydrogen (secondary N) is 1. The summed E-state index contributed by atoms with van der Waals surface area (Å²) in [7, 11) is 1.74. The van der Waals surface area contributed by atoms with E-state index in [4.69, 9.17) is 0 Å². The molecule has 2 amide bonds. The highest BCUT2D eigenvalue weighted by molar-refractivity contribution is 7.81. The zero-order chi connectivity index (χ0) is 6.15. The number of hydrogen-bond acceptors (Lipinski definition) is 2. The lowest BCUT2D eigenvalue weighted by molar-refractivity contribution is 0.226. The Bertz CT molecular complexity index is 117. The van der Waals surface area contributed by atoms with Crippen molar-refractivity contribution in [3.8, 4) is 0 Å². The van der Waals surface area contributed by atoms with Crippen LogP contribution in [-0.4, -0.2) is 29.9 Å². The predicted octanol–water partition coefficient (Wildman–Crippen LogP) is -0.103. The second kappa shape index (κ2) is 1.85. The van der Waals surface area contributed by atoms with E-state index in [-0.39, 0.29) is 11.4 Å². The maximum absolute atomic E-state index is 10.6. The fourth-order valence-electron chi connectivity index (χ4n) is 0.641. The molecule has 1 heterocycles. The number of amides is 2. The molecule has 1 aliphatic rings. The average Bonchev–Trinajstić information content (AvgIpc) is 1.85. The summed E-state index contributed by atoms with van der Waals surface area (Å²) in [6.07, 6.45) is 0. The predicted molar refractivity (Wildman–Crippen MR) is 33.9 cm³/mol. The molecule has 1 fully saturated rings. The molecule has 0 saturated carbocycles. The van der Waals surface area contributed by atoms with Crippen molar-refractivity contribution in [2.24, 2.45) is 0 Å². The molecule has 0 radical (unpaired) electrons. The highest BCUT2D eigenvalue weighted by atomic mass is 32.1. The SMILES string of the molecule is CN1CC(S)NC1=O. The Labute approximate surface area is 53.5 Å². The summed E-state index contributed by atoms with van der Waals surface area (Å²) >= 11 is 4.04. The van der Waals surface area contributed by atoms with E-state index in [0.717, 1.165) is 0 Å². The highest BCUT2D eigenvalue weighted by Gasteiger charge is 2.21. The zero-order valence-corrected chi connectivity index (χ0v) is 5.48. The second-order valence-electron chi connectivity index (χ2n) is 1.85. The fourth-order valence-corrected chi connectivity index (χ4v) is 0.996. The summed E-state index contributed by atoms with van der Waals surface area (Å²) in [4.78, 5) is 12.1. The van der Waals surface area contributed by atoms with Crippen LogP contribution in [-0.2, 0) is 0 Å². The molecule has 0 aromatic rings. The molecular weight excluding hydrogens is 124 g/mol. The number of rotatable bonds is 0. The molecule has 3 nitrogen and oxygen atoms in total. The minimum atomic E-state index is -0.0370. The number of carbonyl (C=O) groups is 1. The number of hydrogen-bond donors (Lipinski definition) is 2. The van der Waals surface area contributed by atoms with Crippen molar-refractivity contribution in [2.75, 3.05) is 13.6 Å². The van der Waals surface area contributed by atoms with Crippen molar-refractivity contribution in [3.05, 3.63) is 0 Å². The molecular formula is C4H8N2OS. The van der Waals surface area contributed by atoms with Gasteiger partial charge in [-0.2, -0.15) is 12.6 Å². The molecule has 1 atom stereocenters. The van der Waals surface area contributed by atoms with Gasteiger partial charge in [0.2, 0.25) is 0 Å². The van der Waals surface area contributed by atoms with Gasteiger partial charge in [-0.05, 0) is 0 Å². The maximum Gasteiger partial charge on any atom is 0.318 e. The number of thiol groups is 1. The minimum Gasteiger partial charge on any atom is -0.325 e. The van der Waals surface area contributed by atoms with Crippen molar-refractivity contribution in [1.82, 2.24) is 10.2 Å².